The van der Waals surface area contributed by atoms with Crippen LogP contribution in [0.15, 0.2) is 79.4 Å². The van der Waals surface area contributed by atoms with E-state index in [0.29, 0.717) is 30.0 Å². The molecule has 35 heavy (non-hydrogen) atoms. The highest BCUT2D eigenvalue weighted by Gasteiger charge is 2.36. The standard InChI is InChI=1S/C27H26N6O2/c1-18(2)33-17-30-25(31-33)23-16-32(27(35)20-8-4-3-5-9-20)24-11-10-21(13-22(23)24)26(34)29-15-19-7-6-12-28-14-19/h3-14,17-18,23H,15-16H2,1-2H3,(H,29,34)/t23-/m1/s1. The van der Waals surface area contributed by atoms with E-state index in [-0.39, 0.29) is 23.8 Å². The van der Waals surface area contributed by atoms with Crippen LogP contribution >= 0.6 is 0 Å². The molecule has 8 heteroatoms. The Bertz CT molecular complexity index is 1350. The summed E-state index contributed by atoms with van der Waals surface area (Å²) in [5.74, 6) is 0.121. The second-order valence-electron chi connectivity index (χ2n) is 8.83. The number of fused-ring (bicyclic) bond motifs is 1. The molecule has 0 radical (unpaired) electrons. The van der Waals surface area contributed by atoms with Crippen LogP contribution in [0.25, 0.3) is 0 Å². The first kappa shape index (κ1) is 22.5. The van der Waals surface area contributed by atoms with E-state index in [2.05, 4.69) is 20.4 Å². The number of rotatable bonds is 6. The van der Waals surface area contributed by atoms with Gasteiger partial charge in [-0.1, -0.05) is 24.3 Å². The molecule has 3 heterocycles. The molecule has 2 aromatic carbocycles. The predicted molar refractivity (Wildman–Crippen MR) is 132 cm³/mol. The summed E-state index contributed by atoms with van der Waals surface area (Å²) in [4.78, 5) is 36.7. The number of pyridine rings is 1. The van der Waals surface area contributed by atoms with Crippen molar-refractivity contribution in [2.24, 2.45) is 0 Å². The number of anilines is 1. The molecule has 0 saturated carbocycles. The maximum atomic E-state index is 13.4. The van der Waals surface area contributed by atoms with Gasteiger partial charge < -0.3 is 10.2 Å². The molecule has 0 spiro atoms. The van der Waals surface area contributed by atoms with Gasteiger partial charge in [0, 0.05) is 48.3 Å². The van der Waals surface area contributed by atoms with Crippen molar-refractivity contribution in [3.05, 3.63) is 107 Å². The first-order chi connectivity index (χ1) is 17.0. The summed E-state index contributed by atoms with van der Waals surface area (Å²) in [6.07, 6.45) is 5.14. The fraction of sp³-hybridized carbons (Fsp3) is 0.222. The van der Waals surface area contributed by atoms with E-state index in [4.69, 9.17) is 0 Å². The summed E-state index contributed by atoms with van der Waals surface area (Å²) in [5.41, 5.74) is 3.69. The second kappa shape index (κ2) is 9.50. The van der Waals surface area contributed by atoms with Crippen molar-refractivity contribution in [1.82, 2.24) is 25.1 Å². The summed E-state index contributed by atoms with van der Waals surface area (Å²) < 4.78 is 1.81. The minimum absolute atomic E-state index is 0.0913. The number of hydrogen-bond acceptors (Lipinski definition) is 5. The molecule has 0 fully saturated rings. The van der Waals surface area contributed by atoms with Crippen LogP contribution in [0, 0.1) is 0 Å². The first-order valence-electron chi connectivity index (χ1n) is 11.6. The van der Waals surface area contributed by atoms with E-state index in [9.17, 15) is 9.59 Å². The largest absolute Gasteiger partial charge is 0.348 e. The first-order valence-corrected chi connectivity index (χ1v) is 11.6. The van der Waals surface area contributed by atoms with Gasteiger partial charge in [0.15, 0.2) is 5.82 Å². The maximum Gasteiger partial charge on any atom is 0.258 e. The molecule has 176 valence electrons. The van der Waals surface area contributed by atoms with Crippen LogP contribution in [-0.4, -0.2) is 38.1 Å². The van der Waals surface area contributed by atoms with Crippen molar-refractivity contribution < 1.29 is 9.59 Å². The van der Waals surface area contributed by atoms with Gasteiger partial charge in [-0.2, -0.15) is 5.10 Å². The Morgan fingerprint density at radius 2 is 1.89 bits per heavy atom. The lowest BCUT2D eigenvalue weighted by molar-refractivity contribution is 0.0949. The van der Waals surface area contributed by atoms with E-state index in [1.165, 1.54) is 0 Å². The highest BCUT2D eigenvalue weighted by atomic mass is 16.2. The van der Waals surface area contributed by atoms with Crippen LogP contribution in [0.1, 0.15) is 63.5 Å². The number of nitrogens with zero attached hydrogens (tertiary/aromatic N) is 5. The zero-order chi connectivity index (χ0) is 24.4. The summed E-state index contributed by atoms with van der Waals surface area (Å²) in [6, 6.07) is 18.6. The SMILES string of the molecule is CC(C)n1cnc([C@@H]2CN(C(=O)c3ccccc3)c3ccc(C(=O)NCc4cccnc4)cc32)n1. The fourth-order valence-electron chi connectivity index (χ4n) is 4.23. The number of aromatic nitrogens is 4. The molecule has 0 unspecified atom stereocenters. The molecular weight excluding hydrogens is 440 g/mol. The van der Waals surface area contributed by atoms with E-state index < -0.39 is 0 Å². The van der Waals surface area contributed by atoms with E-state index in [1.807, 2.05) is 56.3 Å². The second-order valence-corrected chi connectivity index (χ2v) is 8.83. The quantitative estimate of drug-likeness (QED) is 0.464. The summed E-state index contributed by atoms with van der Waals surface area (Å²) in [6.45, 7) is 4.87. The van der Waals surface area contributed by atoms with Crippen molar-refractivity contribution in [3.63, 3.8) is 0 Å². The van der Waals surface area contributed by atoms with Gasteiger partial charge in [0.05, 0.1) is 5.92 Å². The minimum atomic E-state index is -0.233. The average Bonchev–Trinajstić information content (AvgIpc) is 3.53. The molecule has 1 atom stereocenters. The van der Waals surface area contributed by atoms with Crippen LogP contribution < -0.4 is 10.2 Å². The number of amides is 2. The third-order valence-electron chi connectivity index (χ3n) is 6.13. The molecule has 1 aliphatic rings. The van der Waals surface area contributed by atoms with Crippen LogP contribution in [-0.2, 0) is 6.54 Å². The summed E-state index contributed by atoms with van der Waals surface area (Å²) >= 11 is 0. The van der Waals surface area contributed by atoms with E-state index >= 15 is 0 Å². The molecule has 5 rings (SSSR count). The smallest absolute Gasteiger partial charge is 0.258 e. The minimum Gasteiger partial charge on any atom is -0.348 e. The van der Waals surface area contributed by atoms with Crippen LogP contribution in [0.2, 0.25) is 0 Å². The number of nitrogens with one attached hydrogen (secondary N) is 1. The number of benzene rings is 2. The van der Waals surface area contributed by atoms with Crippen molar-refractivity contribution in [3.8, 4) is 0 Å². The molecule has 4 aromatic rings. The van der Waals surface area contributed by atoms with E-state index in [0.717, 1.165) is 16.8 Å². The molecule has 0 saturated heterocycles. The van der Waals surface area contributed by atoms with Gasteiger partial charge in [0.1, 0.15) is 6.33 Å². The van der Waals surface area contributed by atoms with Crippen molar-refractivity contribution in [1.29, 1.82) is 0 Å². The Morgan fingerprint density at radius 3 is 2.60 bits per heavy atom. The monoisotopic (exact) mass is 466 g/mol. The Labute approximate surface area is 203 Å². The average molecular weight is 467 g/mol. The highest BCUT2D eigenvalue weighted by Crippen LogP contribution is 2.40. The van der Waals surface area contributed by atoms with Gasteiger partial charge in [-0.15, -0.1) is 0 Å². The van der Waals surface area contributed by atoms with Crippen LogP contribution in [0.5, 0.6) is 0 Å². The van der Waals surface area contributed by atoms with Gasteiger partial charge in [-0.25, -0.2) is 4.98 Å². The molecule has 2 amide bonds. The lowest BCUT2D eigenvalue weighted by Gasteiger charge is -2.18. The van der Waals surface area contributed by atoms with Gasteiger partial charge in [0.25, 0.3) is 11.8 Å². The van der Waals surface area contributed by atoms with Crippen molar-refractivity contribution >= 4 is 17.5 Å². The predicted octanol–water partition coefficient (Wildman–Crippen LogP) is 3.98. The highest BCUT2D eigenvalue weighted by molar-refractivity contribution is 6.08. The summed E-state index contributed by atoms with van der Waals surface area (Å²) in [5, 5.41) is 7.61. The Morgan fingerprint density at radius 1 is 1.06 bits per heavy atom. The van der Waals surface area contributed by atoms with Crippen molar-refractivity contribution in [2.45, 2.75) is 32.4 Å². The zero-order valence-corrected chi connectivity index (χ0v) is 19.6. The van der Waals surface area contributed by atoms with Crippen LogP contribution in [0.4, 0.5) is 5.69 Å². The molecule has 2 aromatic heterocycles. The van der Waals surface area contributed by atoms with Crippen LogP contribution in [0.3, 0.4) is 0 Å². The molecule has 1 N–H and O–H groups in total. The van der Waals surface area contributed by atoms with Gasteiger partial charge in [-0.3, -0.25) is 19.3 Å². The normalized spacial score (nSPS) is 14.7. The molecule has 0 aliphatic carbocycles. The van der Waals surface area contributed by atoms with Gasteiger partial charge in [-0.05, 0) is 61.4 Å². The molecule has 8 nitrogen and oxygen atoms in total. The Hall–Kier alpha value is -4.33. The van der Waals surface area contributed by atoms with E-state index in [1.54, 1.807) is 46.5 Å². The number of carbonyl (C=O) groups is 2. The molecular formula is C27H26N6O2. The third kappa shape index (κ3) is 4.55. The lowest BCUT2D eigenvalue weighted by Crippen LogP contribution is -2.30. The Balaban J connectivity index is 1.47. The zero-order valence-electron chi connectivity index (χ0n) is 19.6. The molecule has 0 bridgehead atoms. The maximum absolute atomic E-state index is 13.4. The number of carbonyl (C=O) groups excluding carboxylic acids is 2. The Kier molecular flexibility index (Phi) is 6.10. The number of hydrogen-bond donors (Lipinski definition) is 1. The lowest BCUT2D eigenvalue weighted by atomic mass is 9.98. The summed E-state index contributed by atoms with van der Waals surface area (Å²) in [7, 11) is 0. The topological polar surface area (TPSA) is 93.0 Å². The van der Waals surface area contributed by atoms with Gasteiger partial charge >= 0.3 is 0 Å². The van der Waals surface area contributed by atoms with Gasteiger partial charge in [0.2, 0.25) is 0 Å². The van der Waals surface area contributed by atoms with Crippen molar-refractivity contribution in [2.75, 3.05) is 11.4 Å². The fourth-order valence-corrected chi connectivity index (χ4v) is 4.23. The third-order valence-corrected chi connectivity index (χ3v) is 6.13. The molecule has 1 aliphatic heterocycles.